The molecule has 0 bridgehead atoms. The van der Waals surface area contributed by atoms with Crippen molar-refractivity contribution >= 4 is 12.0 Å². The summed E-state index contributed by atoms with van der Waals surface area (Å²) in [6.07, 6.45) is 1.67. The molecule has 2 atom stereocenters. The highest BCUT2D eigenvalue weighted by atomic mass is 16.5. The van der Waals surface area contributed by atoms with Gasteiger partial charge in [0.15, 0.2) is 0 Å². The average molecular weight is 288 g/mol. The maximum absolute atomic E-state index is 12.3. The fourth-order valence-corrected chi connectivity index (χ4v) is 2.30. The van der Waals surface area contributed by atoms with Gasteiger partial charge in [-0.3, -0.25) is 4.79 Å². The van der Waals surface area contributed by atoms with E-state index in [9.17, 15) is 9.59 Å². The van der Waals surface area contributed by atoms with Crippen molar-refractivity contribution in [1.29, 1.82) is 0 Å². The third-order valence-electron chi connectivity index (χ3n) is 3.23. The molecular weight excluding hydrogens is 264 g/mol. The van der Waals surface area contributed by atoms with Crippen molar-refractivity contribution < 1.29 is 24.2 Å². The van der Waals surface area contributed by atoms with Crippen LogP contribution in [0.15, 0.2) is 0 Å². The lowest BCUT2D eigenvalue weighted by Crippen LogP contribution is -2.55. The Morgan fingerprint density at radius 3 is 2.90 bits per heavy atom. The number of rotatable bonds is 7. The number of hydrogen-bond donors (Lipinski definition) is 2. The van der Waals surface area contributed by atoms with Crippen molar-refractivity contribution in [1.82, 2.24) is 10.2 Å². The number of ether oxygens (including phenoxy) is 2. The fourth-order valence-electron chi connectivity index (χ4n) is 2.30. The van der Waals surface area contributed by atoms with Gasteiger partial charge >= 0.3 is 12.0 Å². The van der Waals surface area contributed by atoms with Crippen LogP contribution in [0.5, 0.6) is 0 Å². The third-order valence-corrected chi connectivity index (χ3v) is 3.23. The molecule has 0 aromatic heterocycles. The van der Waals surface area contributed by atoms with Crippen molar-refractivity contribution in [2.75, 3.05) is 33.5 Å². The summed E-state index contributed by atoms with van der Waals surface area (Å²) in [4.78, 5) is 24.6. The summed E-state index contributed by atoms with van der Waals surface area (Å²) in [6.45, 7) is 3.61. The van der Waals surface area contributed by atoms with Crippen LogP contribution >= 0.6 is 0 Å². The molecular formula is C13H24N2O5. The Morgan fingerprint density at radius 2 is 2.30 bits per heavy atom. The van der Waals surface area contributed by atoms with Gasteiger partial charge in [-0.05, 0) is 6.42 Å². The quantitative estimate of drug-likeness (QED) is 0.719. The smallest absolute Gasteiger partial charge is 0.318 e. The number of nitrogens with one attached hydrogen (secondary N) is 1. The zero-order valence-corrected chi connectivity index (χ0v) is 12.1. The molecule has 2 amide bonds. The molecule has 7 heteroatoms. The number of methoxy groups -OCH3 is 1. The fraction of sp³-hybridized carbons (Fsp3) is 0.846. The maximum atomic E-state index is 12.3. The summed E-state index contributed by atoms with van der Waals surface area (Å²) in [5.41, 5.74) is 0. The van der Waals surface area contributed by atoms with Gasteiger partial charge in [0.25, 0.3) is 0 Å². The van der Waals surface area contributed by atoms with E-state index in [2.05, 4.69) is 5.32 Å². The number of hydrogen-bond acceptors (Lipinski definition) is 4. The van der Waals surface area contributed by atoms with Gasteiger partial charge < -0.3 is 24.8 Å². The average Bonchev–Trinajstić information content (AvgIpc) is 2.39. The molecule has 20 heavy (non-hydrogen) atoms. The van der Waals surface area contributed by atoms with Crippen molar-refractivity contribution in [3.63, 3.8) is 0 Å². The number of carbonyl (C=O) groups is 2. The van der Waals surface area contributed by atoms with Crippen LogP contribution in [0.2, 0.25) is 0 Å². The van der Waals surface area contributed by atoms with E-state index in [1.54, 1.807) is 12.0 Å². The zero-order valence-electron chi connectivity index (χ0n) is 12.1. The van der Waals surface area contributed by atoms with E-state index < -0.39 is 12.0 Å². The van der Waals surface area contributed by atoms with E-state index in [-0.39, 0.29) is 25.1 Å². The number of amides is 2. The van der Waals surface area contributed by atoms with E-state index in [1.807, 2.05) is 6.92 Å². The molecule has 1 heterocycles. The normalized spacial score (nSPS) is 20.5. The van der Waals surface area contributed by atoms with Crippen LogP contribution in [0, 0.1) is 0 Å². The summed E-state index contributed by atoms with van der Waals surface area (Å²) < 4.78 is 10.3. The van der Waals surface area contributed by atoms with Gasteiger partial charge in [-0.25, -0.2) is 4.79 Å². The molecule has 0 aromatic rings. The first-order valence-electron chi connectivity index (χ1n) is 6.94. The molecule has 0 spiro atoms. The van der Waals surface area contributed by atoms with Crippen molar-refractivity contribution in [3.05, 3.63) is 0 Å². The number of urea groups is 1. The summed E-state index contributed by atoms with van der Waals surface area (Å²) in [5, 5.41) is 11.8. The Balaban J connectivity index is 2.59. The standard InChI is InChI=1S/C13H24N2O5/c1-3-4-10(8-19-2)14-13(18)15-5-6-20-9-11(15)7-12(16)17/h10-11H,3-9H2,1-2H3,(H,14,18)(H,16,17). The number of aliphatic carboxylic acids is 1. The van der Waals surface area contributed by atoms with Gasteiger partial charge in [-0.2, -0.15) is 0 Å². The Morgan fingerprint density at radius 1 is 1.55 bits per heavy atom. The second-order valence-corrected chi connectivity index (χ2v) is 4.91. The minimum atomic E-state index is -0.930. The Hall–Kier alpha value is -1.34. The highest BCUT2D eigenvalue weighted by Gasteiger charge is 2.30. The minimum Gasteiger partial charge on any atom is -0.481 e. The second-order valence-electron chi connectivity index (χ2n) is 4.91. The molecule has 1 aliphatic heterocycles. The number of carboxylic acids is 1. The first-order valence-corrected chi connectivity index (χ1v) is 6.94. The molecule has 1 saturated heterocycles. The van der Waals surface area contributed by atoms with Gasteiger partial charge in [-0.1, -0.05) is 13.3 Å². The minimum absolute atomic E-state index is 0.0502. The molecule has 0 saturated carbocycles. The van der Waals surface area contributed by atoms with Crippen LogP contribution in [0.25, 0.3) is 0 Å². The largest absolute Gasteiger partial charge is 0.481 e. The van der Waals surface area contributed by atoms with Crippen molar-refractivity contribution in [2.24, 2.45) is 0 Å². The summed E-state index contributed by atoms with van der Waals surface area (Å²) in [7, 11) is 1.59. The molecule has 2 N–H and O–H groups in total. The number of carbonyl (C=O) groups excluding carboxylic acids is 1. The highest BCUT2D eigenvalue weighted by molar-refractivity contribution is 5.76. The van der Waals surface area contributed by atoms with Crippen LogP contribution in [-0.4, -0.2) is 67.6 Å². The Labute approximate surface area is 119 Å². The topological polar surface area (TPSA) is 88.1 Å². The van der Waals surface area contributed by atoms with Crippen LogP contribution in [0.3, 0.4) is 0 Å². The summed E-state index contributed by atoms with van der Waals surface area (Å²) in [5.74, 6) is -0.930. The predicted molar refractivity (Wildman–Crippen MR) is 72.7 cm³/mol. The monoisotopic (exact) mass is 288 g/mol. The molecule has 0 aromatic carbocycles. The summed E-state index contributed by atoms with van der Waals surface area (Å²) >= 11 is 0. The molecule has 1 fully saturated rings. The van der Waals surface area contributed by atoms with E-state index in [0.29, 0.717) is 19.8 Å². The summed E-state index contributed by atoms with van der Waals surface area (Å²) in [6, 6.07) is -0.702. The van der Waals surface area contributed by atoms with Crippen LogP contribution in [-0.2, 0) is 14.3 Å². The molecule has 1 rings (SSSR count). The van der Waals surface area contributed by atoms with Crippen LogP contribution in [0.1, 0.15) is 26.2 Å². The number of carboxylic acid groups (broad SMARTS) is 1. The second kappa shape index (κ2) is 8.76. The van der Waals surface area contributed by atoms with Crippen LogP contribution < -0.4 is 5.32 Å². The molecule has 116 valence electrons. The van der Waals surface area contributed by atoms with E-state index in [4.69, 9.17) is 14.6 Å². The van der Waals surface area contributed by atoms with Gasteiger partial charge in [0.1, 0.15) is 0 Å². The molecule has 7 nitrogen and oxygen atoms in total. The van der Waals surface area contributed by atoms with Gasteiger partial charge in [0.2, 0.25) is 0 Å². The molecule has 2 unspecified atom stereocenters. The lowest BCUT2D eigenvalue weighted by Gasteiger charge is -2.35. The lowest BCUT2D eigenvalue weighted by atomic mass is 10.1. The Kier molecular flexibility index (Phi) is 7.32. The van der Waals surface area contributed by atoms with Crippen molar-refractivity contribution in [2.45, 2.75) is 38.3 Å². The van der Waals surface area contributed by atoms with E-state index in [1.165, 1.54) is 0 Å². The Bertz CT molecular complexity index is 318. The first kappa shape index (κ1) is 16.7. The number of morpholine rings is 1. The highest BCUT2D eigenvalue weighted by Crippen LogP contribution is 2.11. The zero-order chi connectivity index (χ0) is 15.0. The van der Waals surface area contributed by atoms with Gasteiger partial charge in [-0.15, -0.1) is 0 Å². The maximum Gasteiger partial charge on any atom is 0.318 e. The van der Waals surface area contributed by atoms with E-state index in [0.717, 1.165) is 12.8 Å². The SMILES string of the molecule is CCCC(COC)NC(=O)N1CCOCC1CC(=O)O. The predicted octanol–water partition coefficient (Wildman–Crippen LogP) is 0.687. The molecule has 1 aliphatic rings. The van der Waals surface area contributed by atoms with Gasteiger partial charge in [0, 0.05) is 13.7 Å². The molecule has 0 aliphatic carbocycles. The number of nitrogens with zero attached hydrogens (tertiary/aromatic N) is 1. The third kappa shape index (κ3) is 5.34. The van der Waals surface area contributed by atoms with Crippen molar-refractivity contribution in [3.8, 4) is 0 Å². The van der Waals surface area contributed by atoms with Crippen LogP contribution in [0.4, 0.5) is 4.79 Å². The van der Waals surface area contributed by atoms with E-state index >= 15 is 0 Å². The molecule has 0 radical (unpaired) electrons. The van der Waals surface area contributed by atoms with Gasteiger partial charge in [0.05, 0.1) is 38.3 Å². The first-order chi connectivity index (χ1) is 9.58. The lowest BCUT2D eigenvalue weighted by molar-refractivity contribution is -0.139.